The molecule has 0 aliphatic rings. The molecule has 0 radical (unpaired) electrons. The van der Waals surface area contributed by atoms with Gasteiger partial charge in [0.15, 0.2) is 0 Å². The summed E-state index contributed by atoms with van der Waals surface area (Å²) in [5, 5.41) is 3.37. The van der Waals surface area contributed by atoms with Crippen LogP contribution in [0.5, 0.6) is 0 Å². The summed E-state index contributed by atoms with van der Waals surface area (Å²) in [6, 6.07) is 0. The zero-order chi connectivity index (χ0) is 9.40. The molecular formula is C10H22N2. The molecule has 0 amide bonds. The maximum Gasteiger partial charge on any atom is 0.0184 e. The summed E-state index contributed by atoms with van der Waals surface area (Å²) in [5.74, 6) is 0. The first-order valence-electron chi connectivity index (χ1n) is 4.70. The number of hydrogen-bond donors (Lipinski definition) is 1. The van der Waals surface area contributed by atoms with E-state index in [0.29, 0.717) is 0 Å². The number of hydrogen-bond acceptors (Lipinski definition) is 2. The normalized spacial score (nSPS) is 10.7. The van der Waals surface area contributed by atoms with Gasteiger partial charge < -0.3 is 10.2 Å². The molecule has 0 aromatic carbocycles. The predicted molar refractivity (Wildman–Crippen MR) is 55.5 cm³/mol. The topological polar surface area (TPSA) is 15.3 Å². The largest absolute Gasteiger partial charge is 0.315 e. The summed E-state index contributed by atoms with van der Waals surface area (Å²) in [5.41, 5.74) is 1.23. The lowest BCUT2D eigenvalue weighted by atomic mass is 10.3. The van der Waals surface area contributed by atoms with Crippen LogP contribution in [-0.2, 0) is 0 Å². The Morgan fingerprint density at radius 2 is 2.08 bits per heavy atom. The van der Waals surface area contributed by atoms with Crippen LogP contribution in [0, 0.1) is 0 Å². The third-order valence-electron chi connectivity index (χ3n) is 1.64. The zero-order valence-electron chi connectivity index (χ0n) is 8.69. The fourth-order valence-electron chi connectivity index (χ4n) is 1.11. The average Bonchev–Trinajstić information content (AvgIpc) is 1.97. The van der Waals surface area contributed by atoms with Gasteiger partial charge in [0.25, 0.3) is 0 Å². The molecule has 0 atom stereocenters. The fourth-order valence-corrected chi connectivity index (χ4v) is 1.11. The Labute approximate surface area is 76.6 Å². The van der Waals surface area contributed by atoms with Crippen molar-refractivity contribution in [2.75, 3.05) is 33.2 Å². The van der Waals surface area contributed by atoms with Gasteiger partial charge in [-0.25, -0.2) is 0 Å². The smallest absolute Gasteiger partial charge is 0.0184 e. The van der Waals surface area contributed by atoms with E-state index in [9.17, 15) is 0 Å². The molecule has 0 aliphatic carbocycles. The van der Waals surface area contributed by atoms with Crippen molar-refractivity contribution in [2.24, 2.45) is 0 Å². The summed E-state index contributed by atoms with van der Waals surface area (Å²) < 4.78 is 0. The number of nitrogens with zero attached hydrogens (tertiary/aromatic N) is 1. The van der Waals surface area contributed by atoms with Gasteiger partial charge in [0, 0.05) is 19.6 Å². The molecule has 0 spiro atoms. The summed E-state index contributed by atoms with van der Waals surface area (Å²) in [7, 11) is 2.13. The minimum atomic E-state index is 1.01. The molecule has 0 unspecified atom stereocenters. The quantitative estimate of drug-likeness (QED) is 0.460. The molecular weight excluding hydrogens is 148 g/mol. The molecule has 0 heterocycles. The van der Waals surface area contributed by atoms with Crippen LogP contribution in [0.2, 0.25) is 0 Å². The first-order valence-corrected chi connectivity index (χ1v) is 4.70. The van der Waals surface area contributed by atoms with Crippen LogP contribution in [0.15, 0.2) is 12.2 Å². The van der Waals surface area contributed by atoms with E-state index in [1.165, 1.54) is 12.0 Å². The monoisotopic (exact) mass is 170 g/mol. The first kappa shape index (κ1) is 11.7. The summed E-state index contributed by atoms with van der Waals surface area (Å²) in [6.07, 6.45) is 1.21. The Kier molecular flexibility index (Phi) is 7.11. The highest BCUT2D eigenvalue weighted by Crippen LogP contribution is 1.90. The molecule has 0 saturated heterocycles. The lowest BCUT2D eigenvalue weighted by molar-refractivity contribution is 0.358. The maximum absolute atomic E-state index is 3.88. The standard InChI is InChI=1S/C10H22N2/c1-5-6-11-7-8-12(4)9-10(2)3/h11H,2,5-9H2,1,3-4H3. The van der Waals surface area contributed by atoms with Gasteiger partial charge in [0.2, 0.25) is 0 Å². The van der Waals surface area contributed by atoms with Crippen molar-refractivity contribution in [3.05, 3.63) is 12.2 Å². The average molecular weight is 170 g/mol. The lowest BCUT2D eigenvalue weighted by Gasteiger charge is -2.16. The second-order valence-electron chi connectivity index (χ2n) is 3.44. The van der Waals surface area contributed by atoms with Gasteiger partial charge in [-0.3, -0.25) is 0 Å². The molecule has 0 saturated carbocycles. The van der Waals surface area contributed by atoms with Crippen LogP contribution < -0.4 is 5.32 Å². The fraction of sp³-hybridized carbons (Fsp3) is 0.800. The van der Waals surface area contributed by atoms with Crippen molar-refractivity contribution in [1.82, 2.24) is 10.2 Å². The SMILES string of the molecule is C=C(C)CN(C)CCNCCC. The van der Waals surface area contributed by atoms with Crippen LogP contribution in [0.1, 0.15) is 20.3 Å². The molecule has 0 aromatic rings. The third-order valence-corrected chi connectivity index (χ3v) is 1.64. The lowest BCUT2D eigenvalue weighted by Crippen LogP contribution is -2.30. The van der Waals surface area contributed by atoms with Crippen molar-refractivity contribution in [3.8, 4) is 0 Å². The Hall–Kier alpha value is -0.340. The van der Waals surface area contributed by atoms with E-state index in [-0.39, 0.29) is 0 Å². The van der Waals surface area contributed by atoms with Crippen molar-refractivity contribution >= 4 is 0 Å². The Balaban J connectivity index is 3.19. The highest BCUT2D eigenvalue weighted by molar-refractivity contribution is 4.90. The van der Waals surface area contributed by atoms with Crippen molar-refractivity contribution in [1.29, 1.82) is 0 Å². The molecule has 12 heavy (non-hydrogen) atoms. The van der Waals surface area contributed by atoms with Gasteiger partial charge in [-0.2, -0.15) is 0 Å². The molecule has 0 fully saturated rings. The number of rotatable bonds is 7. The van der Waals surface area contributed by atoms with Gasteiger partial charge in [-0.1, -0.05) is 19.1 Å². The van der Waals surface area contributed by atoms with E-state index in [2.05, 4.69) is 37.7 Å². The van der Waals surface area contributed by atoms with Crippen LogP contribution in [0.25, 0.3) is 0 Å². The number of likely N-dealkylation sites (N-methyl/N-ethyl adjacent to an activating group) is 1. The van der Waals surface area contributed by atoms with E-state index in [4.69, 9.17) is 0 Å². The summed E-state index contributed by atoms with van der Waals surface area (Å²) >= 11 is 0. The highest BCUT2D eigenvalue weighted by atomic mass is 15.1. The first-order chi connectivity index (χ1) is 5.66. The molecule has 0 rings (SSSR count). The van der Waals surface area contributed by atoms with Crippen molar-refractivity contribution < 1.29 is 0 Å². The summed E-state index contributed by atoms with van der Waals surface area (Å²) in [4.78, 5) is 2.28. The van der Waals surface area contributed by atoms with Crippen LogP contribution in [-0.4, -0.2) is 38.1 Å². The van der Waals surface area contributed by atoms with Crippen molar-refractivity contribution in [3.63, 3.8) is 0 Å². The van der Waals surface area contributed by atoms with Crippen LogP contribution >= 0.6 is 0 Å². The van der Waals surface area contributed by atoms with Gasteiger partial charge in [-0.15, -0.1) is 0 Å². The maximum atomic E-state index is 3.88. The Morgan fingerprint density at radius 1 is 1.42 bits per heavy atom. The molecule has 0 aliphatic heterocycles. The van der Waals surface area contributed by atoms with E-state index >= 15 is 0 Å². The number of nitrogens with one attached hydrogen (secondary N) is 1. The van der Waals surface area contributed by atoms with Crippen LogP contribution in [0.3, 0.4) is 0 Å². The van der Waals surface area contributed by atoms with Gasteiger partial charge >= 0.3 is 0 Å². The zero-order valence-corrected chi connectivity index (χ0v) is 8.69. The molecule has 0 bridgehead atoms. The second-order valence-corrected chi connectivity index (χ2v) is 3.44. The third kappa shape index (κ3) is 7.76. The van der Waals surface area contributed by atoms with Gasteiger partial charge in [0.05, 0.1) is 0 Å². The molecule has 1 N–H and O–H groups in total. The molecule has 0 aromatic heterocycles. The van der Waals surface area contributed by atoms with Crippen LogP contribution in [0.4, 0.5) is 0 Å². The van der Waals surface area contributed by atoms with Gasteiger partial charge in [-0.05, 0) is 26.9 Å². The highest BCUT2D eigenvalue weighted by Gasteiger charge is 1.96. The second kappa shape index (κ2) is 7.32. The Morgan fingerprint density at radius 3 is 2.58 bits per heavy atom. The summed E-state index contributed by atoms with van der Waals surface area (Å²) in [6.45, 7) is 12.4. The van der Waals surface area contributed by atoms with E-state index in [1.54, 1.807) is 0 Å². The Bertz CT molecular complexity index is 121. The van der Waals surface area contributed by atoms with E-state index in [0.717, 1.165) is 26.2 Å². The molecule has 2 heteroatoms. The van der Waals surface area contributed by atoms with E-state index < -0.39 is 0 Å². The predicted octanol–water partition coefficient (Wildman–Crippen LogP) is 1.49. The van der Waals surface area contributed by atoms with Gasteiger partial charge in [0.1, 0.15) is 0 Å². The minimum Gasteiger partial charge on any atom is -0.315 e. The minimum absolute atomic E-state index is 1.01. The molecule has 72 valence electrons. The molecule has 2 nitrogen and oxygen atoms in total. The van der Waals surface area contributed by atoms with Crippen molar-refractivity contribution in [2.45, 2.75) is 20.3 Å². The van der Waals surface area contributed by atoms with E-state index in [1.807, 2.05) is 0 Å².